The average molecular weight is 499 g/mol. The number of carboxylic acids is 1. The summed E-state index contributed by atoms with van der Waals surface area (Å²) in [6.45, 7) is 3.17. The van der Waals surface area contributed by atoms with E-state index in [4.69, 9.17) is 4.42 Å². The summed E-state index contributed by atoms with van der Waals surface area (Å²) in [7, 11) is -4.15. The molecule has 2 aromatic carbocycles. The van der Waals surface area contributed by atoms with Crippen LogP contribution in [0.25, 0.3) is 32.5 Å². The number of hydrogen-bond donors (Lipinski definition) is 2. The number of nitrogens with zero attached hydrogens (tertiary/aromatic N) is 1. The Balaban J connectivity index is 1.73. The molecule has 0 aliphatic rings. The Morgan fingerprint density at radius 3 is 2.45 bits per heavy atom. The SMILES string of the molecule is CC(C)[C@H](NS(=O)(=O)c1ccc2c(c1)oc1ccc(-c3nc(C(F)(F)F)cs3)cc12)C(=O)O. The summed E-state index contributed by atoms with van der Waals surface area (Å²) in [6.07, 6.45) is -4.54. The number of benzene rings is 2. The molecule has 4 aromatic rings. The van der Waals surface area contributed by atoms with Crippen molar-refractivity contribution in [2.24, 2.45) is 5.92 Å². The Bertz CT molecular complexity index is 1470. The van der Waals surface area contributed by atoms with Gasteiger partial charge in [-0.1, -0.05) is 13.8 Å². The maximum atomic E-state index is 12.9. The largest absolute Gasteiger partial charge is 0.480 e. The molecule has 4 rings (SSSR count). The van der Waals surface area contributed by atoms with Gasteiger partial charge in [-0.25, -0.2) is 13.4 Å². The summed E-state index contributed by atoms with van der Waals surface area (Å²) in [4.78, 5) is 14.9. The lowest BCUT2D eigenvalue weighted by Gasteiger charge is -2.17. The molecule has 174 valence electrons. The molecule has 0 bridgehead atoms. The zero-order chi connectivity index (χ0) is 24.1. The third-order valence-electron chi connectivity index (χ3n) is 5.01. The minimum Gasteiger partial charge on any atom is -0.480 e. The summed E-state index contributed by atoms with van der Waals surface area (Å²) in [5, 5.41) is 11.5. The van der Waals surface area contributed by atoms with Gasteiger partial charge in [0.2, 0.25) is 10.0 Å². The van der Waals surface area contributed by atoms with Gasteiger partial charge in [-0.3, -0.25) is 4.79 Å². The molecule has 0 aliphatic carbocycles. The summed E-state index contributed by atoms with van der Waals surface area (Å²) >= 11 is 0.865. The fourth-order valence-electron chi connectivity index (χ4n) is 3.30. The molecule has 0 unspecified atom stereocenters. The molecule has 0 spiro atoms. The second-order valence-electron chi connectivity index (χ2n) is 7.69. The summed E-state index contributed by atoms with van der Waals surface area (Å²) in [5.41, 5.74) is 0.138. The Morgan fingerprint density at radius 2 is 1.85 bits per heavy atom. The van der Waals surface area contributed by atoms with E-state index in [1.54, 1.807) is 32.0 Å². The van der Waals surface area contributed by atoms with Gasteiger partial charge in [0.25, 0.3) is 0 Å². The van der Waals surface area contributed by atoms with E-state index in [1.165, 1.54) is 18.2 Å². The predicted molar refractivity (Wildman–Crippen MR) is 116 cm³/mol. The van der Waals surface area contributed by atoms with E-state index >= 15 is 0 Å². The number of rotatable bonds is 6. The van der Waals surface area contributed by atoms with Gasteiger partial charge >= 0.3 is 12.1 Å². The number of aliphatic carboxylic acids is 1. The average Bonchev–Trinajstić information content (AvgIpc) is 3.35. The van der Waals surface area contributed by atoms with Crippen LogP contribution in [0.1, 0.15) is 19.5 Å². The summed E-state index contributed by atoms with van der Waals surface area (Å²) in [5.74, 6) is -1.77. The third kappa shape index (κ3) is 4.45. The minimum atomic E-state index is -4.54. The fourth-order valence-corrected chi connectivity index (χ4v) is 5.48. The first-order valence-corrected chi connectivity index (χ1v) is 12.0. The quantitative estimate of drug-likeness (QED) is 0.382. The maximum Gasteiger partial charge on any atom is 0.434 e. The molecule has 1 atom stereocenters. The minimum absolute atomic E-state index is 0.170. The van der Waals surface area contributed by atoms with Crippen molar-refractivity contribution in [3.05, 3.63) is 47.5 Å². The summed E-state index contributed by atoms with van der Waals surface area (Å²) < 4.78 is 72.0. The number of nitrogens with one attached hydrogen (secondary N) is 1. The highest BCUT2D eigenvalue weighted by Crippen LogP contribution is 2.37. The molecule has 0 fully saturated rings. The van der Waals surface area contributed by atoms with Gasteiger partial charge in [0.05, 0.1) is 4.90 Å². The lowest BCUT2D eigenvalue weighted by atomic mass is 10.1. The molecule has 2 heterocycles. The standard InChI is InChI=1S/C21H17F3N2O5S2/c1-10(2)18(20(27)28)26-33(29,30)12-4-5-13-14-7-11(3-6-15(14)31-16(13)8-12)19-25-17(9-32-19)21(22,23)24/h3-10,18,26H,1-2H3,(H,27,28)/t18-/m0/s1. The van der Waals surface area contributed by atoms with Crippen LogP contribution in [0.3, 0.4) is 0 Å². The first-order chi connectivity index (χ1) is 15.4. The molecular formula is C21H17F3N2O5S2. The van der Waals surface area contributed by atoms with E-state index in [1.807, 2.05) is 0 Å². The van der Waals surface area contributed by atoms with Crippen LogP contribution in [0.4, 0.5) is 13.2 Å². The van der Waals surface area contributed by atoms with Crippen LogP contribution in [-0.4, -0.2) is 30.5 Å². The highest BCUT2D eigenvalue weighted by molar-refractivity contribution is 7.89. The Hall–Kier alpha value is -2.96. The zero-order valence-electron chi connectivity index (χ0n) is 17.2. The molecule has 0 saturated carbocycles. The Kier molecular flexibility index (Phi) is 5.71. The van der Waals surface area contributed by atoms with Gasteiger partial charge in [-0.05, 0) is 36.2 Å². The Labute approximate surface area is 189 Å². The van der Waals surface area contributed by atoms with Gasteiger partial charge in [0.15, 0.2) is 5.69 Å². The van der Waals surface area contributed by atoms with Gasteiger partial charge in [0.1, 0.15) is 22.2 Å². The number of furan rings is 1. The monoisotopic (exact) mass is 498 g/mol. The van der Waals surface area contributed by atoms with Crippen molar-refractivity contribution >= 4 is 49.3 Å². The number of sulfonamides is 1. The number of halogens is 3. The highest BCUT2D eigenvalue weighted by atomic mass is 32.2. The van der Waals surface area contributed by atoms with Crippen LogP contribution in [0.2, 0.25) is 0 Å². The molecule has 0 saturated heterocycles. The number of carboxylic acid groups (broad SMARTS) is 1. The summed E-state index contributed by atoms with van der Waals surface area (Å²) in [6, 6.07) is 7.58. The van der Waals surface area contributed by atoms with E-state index in [-0.39, 0.29) is 15.5 Å². The topological polar surface area (TPSA) is 110 Å². The van der Waals surface area contributed by atoms with Gasteiger partial charge < -0.3 is 9.52 Å². The fraction of sp³-hybridized carbons (Fsp3) is 0.238. The second kappa shape index (κ2) is 8.12. The molecule has 12 heteroatoms. The second-order valence-corrected chi connectivity index (χ2v) is 10.3. The van der Waals surface area contributed by atoms with Crippen molar-refractivity contribution in [3.8, 4) is 10.6 Å². The number of aromatic nitrogens is 1. The zero-order valence-corrected chi connectivity index (χ0v) is 18.8. The first-order valence-electron chi connectivity index (χ1n) is 9.61. The number of fused-ring (bicyclic) bond motifs is 3. The number of thiazole rings is 1. The van der Waals surface area contributed by atoms with Crippen LogP contribution >= 0.6 is 11.3 Å². The predicted octanol–water partition coefficient (Wildman–Crippen LogP) is 5.12. The molecule has 33 heavy (non-hydrogen) atoms. The Morgan fingerprint density at radius 1 is 1.12 bits per heavy atom. The molecule has 2 aromatic heterocycles. The van der Waals surface area contributed by atoms with Gasteiger partial charge in [-0.2, -0.15) is 17.9 Å². The van der Waals surface area contributed by atoms with Crippen molar-refractivity contribution in [2.45, 2.75) is 31.0 Å². The van der Waals surface area contributed by atoms with Crippen molar-refractivity contribution in [1.29, 1.82) is 0 Å². The van der Waals surface area contributed by atoms with E-state index in [0.29, 0.717) is 21.9 Å². The number of carbonyl (C=O) groups is 1. The molecule has 0 amide bonds. The van der Waals surface area contributed by atoms with E-state index in [2.05, 4.69) is 9.71 Å². The lowest BCUT2D eigenvalue weighted by molar-refractivity contribution is -0.141. The van der Waals surface area contributed by atoms with E-state index < -0.39 is 39.8 Å². The third-order valence-corrected chi connectivity index (χ3v) is 7.34. The van der Waals surface area contributed by atoms with Crippen LogP contribution in [0, 0.1) is 5.92 Å². The highest BCUT2D eigenvalue weighted by Gasteiger charge is 2.34. The van der Waals surface area contributed by atoms with Gasteiger partial charge in [0, 0.05) is 27.8 Å². The molecule has 7 nitrogen and oxygen atoms in total. The van der Waals surface area contributed by atoms with Crippen LogP contribution in [0.5, 0.6) is 0 Å². The molecular weight excluding hydrogens is 481 g/mol. The lowest BCUT2D eigenvalue weighted by Crippen LogP contribution is -2.44. The normalized spacial score (nSPS) is 13.8. The molecule has 0 aliphatic heterocycles. The van der Waals surface area contributed by atoms with Crippen LogP contribution in [-0.2, 0) is 21.0 Å². The maximum absolute atomic E-state index is 12.9. The molecule has 2 N–H and O–H groups in total. The number of hydrogen-bond acceptors (Lipinski definition) is 6. The van der Waals surface area contributed by atoms with Crippen molar-refractivity contribution in [2.75, 3.05) is 0 Å². The van der Waals surface area contributed by atoms with Crippen molar-refractivity contribution < 1.29 is 35.9 Å². The van der Waals surface area contributed by atoms with E-state index in [0.717, 1.165) is 16.7 Å². The van der Waals surface area contributed by atoms with E-state index in [9.17, 15) is 31.5 Å². The first kappa shape index (κ1) is 23.2. The van der Waals surface area contributed by atoms with Crippen molar-refractivity contribution in [1.82, 2.24) is 9.71 Å². The molecule has 0 radical (unpaired) electrons. The number of alkyl halides is 3. The van der Waals surface area contributed by atoms with Crippen LogP contribution in [0.15, 0.2) is 51.1 Å². The van der Waals surface area contributed by atoms with Gasteiger partial charge in [-0.15, -0.1) is 11.3 Å². The van der Waals surface area contributed by atoms with Crippen molar-refractivity contribution in [3.63, 3.8) is 0 Å². The van der Waals surface area contributed by atoms with Crippen LogP contribution < -0.4 is 4.72 Å². The smallest absolute Gasteiger partial charge is 0.434 e.